The van der Waals surface area contributed by atoms with Crippen molar-refractivity contribution in [2.75, 3.05) is 30.0 Å². The van der Waals surface area contributed by atoms with Gasteiger partial charge in [0.1, 0.15) is 17.5 Å². The van der Waals surface area contributed by atoms with Crippen molar-refractivity contribution in [1.29, 1.82) is 0 Å². The molecule has 0 saturated heterocycles. The fourth-order valence-corrected chi connectivity index (χ4v) is 4.59. The van der Waals surface area contributed by atoms with Crippen molar-refractivity contribution in [2.45, 2.75) is 63.8 Å². The van der Waals surface area contributed by atoms with Crippen molar-refractivity contribution >= 4 is 34.3 Å². The maximum atomic E-state index is 13.4. The minimum atomic E-state index is -4.52. The summed E-state index contributed by atoms with van der Waals surface area (Å²) in [5, 5.41) is 3.74. The average molecular weight is 514 g/mol. The molecule has 2 heterocycles. The first-order valence-corrected chi connectivity index (χ1v) is 12.4. The number of nitrogens with one attached hydrogen (secondary N) is 1. The van der Waals surface area contributed by atoms with Crippen molar-refractivity contribution in [3.63, 3.8) is 0 Å². The monoisotopic (exact) mass is 513 g/mol. The number of pyridine rings is 1. The van der Waals surface area contributed by atoms with Crippen molar-refractivity contribution in [3.05, 3.63) is 46.8 Å². The van der Waals surface area contributed by atoms with E-state index in [0.29, 0.717) is 51.7 Å². The number of carbonyl (C=O) groups is 1. The molecule has 2 fully saturated rings. The molecule has 2 aliphatic rings. The van der Waals surface area contributed by atoms with Gasteiger partial charge in [-0.25, -0.2) is 15.0 Å². The lowest BCUT2D eigenvalue weighted by Crippen LogP contribution is -2.33. The van der Waals surface area contributed by atoms with E-state index in [0.717, 1.165) is 37.8 Å². The normalized spacial score (nSPS) is 16.5. The number of aryl methyl sites for hydroxylation is 1. The quantitative estimate of drug-likeness (QED) is 0.432. The number of halogens is 3. The summed E-state index contributed by atoms with van der Waals surface area (Å²) >= 11 is 0. The molecular formula is C26H30F3N7O. The summed E-state index contributed by atoms with van der Waals surface area (Å²) in [6, 6.07) is 5.43. The standard InChI is InChI=1S/C26H30F3N7O/c1-13(15-9-16(26(27,28)29)11-17(30)10-15)31-22-20-12-21(25(37)35(3)4)24(34-23(20)33-14(2)32-22)36(18-5-6-18)19-7-8-19/h9-13,18-19H,5-8,30H2,1-4H3,(H,31,32,33,34)/t13-/m1/s1. The molecule has 2 aliphatic carbocycles. The third kappa shape index (κ3) is 5.12. The van der Waals surface area contributed by atoms with Crippen molar-refractivity contribution in [3.8, 4) is 0 Å². The number of nitrogens with zero attached hydrogens (tertiary/aromatic N) is 5. The minimum absolute atomic E-state index is 0.0209. The van der Waals surface area contributed by atoms with Gasteiger partial charge in [0.2, 0.25) is 0 Å². The Balaban J connectivity index is 1.59. The second-order valence-corrected chi connectivity index (χ2v) is 10.2. The summed E-state index contributed by atoms with van der Waals surface area (Å²) in [6.45, 7) is 3.46. The second-order valence-electron chi connectivity index (χ2n) is 10.2. The van der Waals surface area contributed by atoms with Gasteiger partial charge in [-0.3, -0.25) is 4.79 Å². The highest BCUT2D eigenvalue weighted by atomic mass is 19.4. The van der Waals surface area contributed by atoms with Gasteiger partial charge in [-0.1, -0.05) is 0 Å². The van der Waals surface area contributed by atoms with Gasteiger partial charge in [0.25, 0.3) is 5.91 Å². The van der Waals surface area contributed by atoms with E-state index in [1.165, 1.54) is 11.0 Å². The van der Waals surface area contributed by atoms with Crippen LogP contribution in [0.15, 0.2) is 24.3 Å². The number of amides is 1. The average Bonchev–Trinajstić information content (AvgIpc) is 3.73. The largest absolute Gasteiger partial charge is 0.416 e. The molecule has 1 atom stereocenters. The molecule has 3 aromatic rings. The third-order valence-electron chi connectivity index (χ3n) is 6.70. The minimum Gasteiger partial charge on any atom is -0.399 e. The number of fused-ring (bicyclic) bond motifs is 1. The van der Waals surface area contributed by atoms with Gasteiger partial charge in [0.15, 0.2) is 5.65 Å². The van der Waals surface area contributed by atoms with Crippen LogP contribution in [-0.2, 0) is 6.18 Å². The van der Waals surface area contributed by atoms with Gasteiger partial charge in [-0.05, 0) is 69.4 Å². The van der Waals surface area contributed by atoms with E-state index in [-0.39, 0.29) is 11.6 Å². The molecule has 11 heteroatoms. The van der Waals surface area contributed by atoms with Crippen molar-refractivity contribution in [1.82, 2.24) is 19.9 Å². The second kappa shape index (κ2) is 9.04. The van der Waals surface area contributed by atoms with Crippen LogP contribution >= 0.6 is 0 Å². The highest BCUT2D eigenvalue weighted by Gasteiger charge is 2.42. The van der Waals surface area contributed by atoms with Gasteiger partial charge < -0.3 is 20.9 Å². The number of rotatable bonds is 7. The molecule has 37 heavy (non-hydrogen) atoms. The number of alkyl halides is 3. The van der Waals surface area contributed by atoms with Crippen LogP contribution in [-0.4, -0.2) is 51.9 Å². The first-order chi connectivity index (χ1) is 17.4. The Hall–Kier alpha value is -3.63. The molecule has 0 radical (unpaired) electrons. The van der Waals surface area contributed by atoms with Crippen LogP contribution in [0.25, 0.3) is 11.0 Å². The molecule has 0 unspecified atom stereocenters. The summed E-state index contributed by atoms with van der Waals surface area (Å²) in [4.78, 5) is 31.0. The molecule has 3 N–H and O–H groups in total. The number of hydrogen-bond donors (Lipinski definition) is 2. The summed E-state index contributed by atoms with van der Waals surface area (Å²) in [5.74, 6) is 1.31. The Morgan fingerprint density at radius 1 is 1.05 bits per heavy atom. The van der Waals surface area contributed by atoms with Crippen LogP contribution in [0.4, 0.5) is 30.5 Å². The highest BCUT2D eigenvalue weighted by Crippen LogP contribution is 2.42. The molecule has 0 spiro atoms. The van der Waals surface area contributed by atoms with E-state index in [2.05, 4.69) is 20.2 Å². The summed E-state index contributed by atoms with van der Waals surface area (Å²) < 4.78 is 40.1. The van der Waals surface area contributed by atoms with E-state index in [9.17, 15) is 18.0 Å². The van der Waals surface area contributed by atoms with Gasteiger partial charge in [0, 0.05) is 31.9 Å². The molecule has 0 aliphatic heterocycles. The Bertz CT molecular complexity index is 1350. The Labute approximate surface area is 213 Å². The SMILES string of the molecule is Cc1nc(N[C@H](C)c2cc(N)cc(C(F)(F)F)c2)c2cc(C(=O)N(C)C)c(N(C3CC3)C3CC3)nc2n1. The smallest absolute Gasteiger partial charge is 0.399 e. The number of benzene rings is 1. The zero-order chi connectivity index (χ0) is 26.6. The van der Waals surface area contributed by atoms with Crippen LogP contribution in [0.1, 0.15) is 66.0 Å². The molecule has 1 amide bonds. The van der Waals surface area contributed by atoms with E-state index in [1.54, 1.807) is 34.0 Å². The fraction of sp³-hybridized carbons (Fsp3) is 0.462. The van der Waals surface area contributed by atoms with Crippen molar-refractivity contribution < 1.29 is 18.0 Å². The highest BCUT2D eigenvalue weighted by molar-refractivity contribution is 6.03. The van der Waals surface area contributed by atoms with Crippen LogP contribution in [0.2, 0.25) is 0 Å². The van der Waals surface area contributed by atoms with Crippen molar-refractivity contribution in [2.24, 2.45) is 0 Å². The number of hydrogen-bond acceptors (Lipinski definition) is 7. The summed E-state index contributed by atoms with van der Waals surface area (Å²) in [6.07, 6.45) is -0.241. The van der Waals surface area contributed by atoms with Gasteiger partial charge in [-0.2, -0.15) is 13.2 Å². The predicted molar refractivity (Wildman–Crippen MR) is 137 cm³/mol. The lowest BCUT2D eigenvalue weighted by Gasteiger charge is -2.27. The first kappa shape index (κ1) is 25.0. The number of aromatic nitrogens is 3. The fourth-order valence-electron chi connectivity index (χ4n) is 4.59. The Morgan fingerprint density at radius 2 is 1.70 bits per heavy atom. The molecule has 5 rings (SSSR count). The molecule has 2 aromatic heterocycles. The molecule has 196 valence electrons. The van der Waals surface area contributed by atoms with Crippen LogP contribution in [0.3, 0.4) is 0 Å². The van der Waals surface area contributed by atoms with Crippen LogP contribution in [0, 0.1) is 6.92 Å². The zero-order valence-corrected chi connectivity index (χ0v) is 21.2. The Kier molecular flexibility index (Phi) is 6.12. The molecule has 0 bridgehead atoms. The Morgan fingerprint density at radius 3 is 2.27 bits per heavy atom. The van der Waals surface area contributed by atoms with Gasteiger partial charge in [0.05, 0.1) is 22.6 Å². The van der Waals surface area contributed by atoms with E-state index in [1.807, 2.05) is 0 Å². The molecular weight excluding hydrogens is 483 g/mol. The van der Waals surface area contributed by atoms with E-state index >= 15 is 0 Å². The van der Waals surface area contributed by atoms with Gasteiger partial charge in [-0.15, -0.1) is 0 Å². The predicted octanol–water partition coefficient (Wildman–Crippen LogP) is 4.94. The lowest BCUT2D eigenvalue weighted by molar-refractivity contribution is -0.137. The van der Waals surface area contributed by atoms with E-state index in [4.69, 9.17) is 10.7 Å². The van der Waals surface area contributed by atoms with Gasteiger partial charge >= 0.3 is 6.18 Å². The maximum Gasteiger partial charge on any atom is 0.416 e. The zero-order valence-electron chi connectivity index (χ0n) is 21.2. The number of carbonyl (C=O) groups excluding carboxylic acids is 1. The third-order valence-corrected chi connectivity index (χ3v) is 6.70. The van der Waals surface area contributed by atoms with Crippen LogP contribution < -0.4 is 16.0 Å². The summed E-state index contributed by atoms with van der Waals surface area (Å²) in [7, 11) is 3.39. The molecule has 2 saturated carbocycles. The first-order valence-electron chi connectivity index (χ1n) is 12.4. The molecule has 1 aromatic carbocycles. The number of nitrogens with two attached hydrogens (primary N) is 1. The lowest BCUT2D eigenvalue weighted by atomic mass is 10.0. The summed E-state index contributed by atoms with van der Waals surface area (Å²) in [5.41, 5.74) is 6.24. The topological polar surface area (TPSA) is 100 Å². The number of anilines is 3. The van der Waals surface area contributed by atoms with Crippen LogP contribution in [0.5, 0.6) is 0 Å². The maximum absolute atomic E-state index is 13.4. The van der Waals surface area contributed by atoms with E-state index < -0.39 is 17.8 Å². The molecule has 8 nitrogen and oxygen atoms in total. The number of nitrogen functional groups attached to an aromatic ring is 1.